The van der Waals surface area contributed by atoms with E-state index < -0.39 is 16.0 Å². The summed E-state index contributed by atoms with van der Waals surface area (Å²) in [5, 5.41) is 2.69. The number of carbonyl (C=O) groups excluding carboxylic acids is 2. The molecule has 3 N–H and O–H groups in total. The van der Waals surface area contributed by atoms with Crippen LogP contribution in [-0.4, -0.2) is 36.9 Å². The van der Waals surface area contributed by atoms with E-state index in [9.17, 15) is 18.0 Å². The summed E-state index contributed by atoms with van der Waals surface area (Å²) in [5.74, 6) is -0.801. The van der Waals surface area contributed by atoms with Crippen LogP contribution in [0.5, 0.6) is 0 Å². The van der Waals surface area contributed by atoms with Crippen LogP contribution in [0.3, 0.4) is 0 Å². The SMILES string of the molecule is CCOC(=O)c1ncc(NS(=O)(=O)c2ccc3c(c2)CCC(=O)N3)[nH]1. The number of hydrogen-bond acceptors (Lipinski definition) is 6. The van der Waals surface area contributed by atoms with Crippen LogP contribution in [0.1, 0.15) is 29.5 Å². The number of benzene rings is 1. The van der Waals surface area contributed by atoms with E-state index in [4.69, 9.17) is 4.74 Å². The fourth-order valence-corrected chi connectivity index (χ4v) is 3.46. The van der Waals surface area contributed by atoms with Crippen molar-refractivity contribution >= 4 is 33.4 Å². The molecule has 2 aromatic rings. The lowest BCUT2D eigenvalue weighted by atomic mass is 10.0. The number of fused-ring (bicyclic) bond motifs is 1. The van der Waals surface area contributed by atoms with E-state index >= 15 is 0 Å². The van der Waals surface area contributed by atoms with Gasteiger partial charge < -0.3 is 15.0 Å². The molecule has 0 atom stereocenters. The lowest BCUT2D eigenvalue weighted by Gasteiger charge is -2.17. The smallest absolute Gasteiger partial charge is 0.374 e. The van der Waals surface area contributed by atoms with Crippen LogP contribution >= 0.6 is 0 Å². The van der Waals surface area contributed by atoms with Crippen molar-refractivity contribution < 1.29 is 22.7 Å². The number of imidazole rings is 1. The minimum atomic E-state index is -3.87. The maximum Gasteiger partial charge on any atom is 0.374 e. The predicted octanol–water partition coefficient (Wildman–Crippen LogP) is 1.27. The number of hydrogen-bond donors (Lipinski definition) is 3. The molecule has 10 heteroatoms. The second-order valence-electron chi connectivity index (χ2n) is 5.34. The Morgan fingerprint density at radius 1 is 1.36 bits per heavy atom. The van der Waals surface area contributed by atoms with Crippen molar-refractivity contribution in [3.63, 3.8) is 0 Å². The van der Waals surface area contributed by atoms with Crippen molar-refractivity contribution in [3.05, 3.63) is 35.8 Å². The lowest BCUT2D eigenvalue weighted by molar-refractivity contribution is -0.116. The molecule has 1 aliphatic rings. The number of sulfonamides is 1. The van der Waals surface area contributed by atoms with Crippen molar-refractivity contribution in [1.29, 1.82) is 0 Å². The van der Waals surface area contributed by atoms with E-state index in [-0.39, 0.29) is 29.1 Å². The zero-order valence-corrected chi connectivity index (χ0v) is 14.1. The Morgan fingerprint density at radius 2 is 2.16 bits per heavy atom. The summed E-state index contributed by atoms with van der Waals surface area (Å²) < 4.78 is 32.1. The van der Waals surface area contributed by atoms with E-state index in [0.29, 0.717) is 18.5 Å². The average Bonchev–Trinajstić information content (AvgIpc) is 3.02. The van der Waals surface area contributed by atoms with Gasteiger partial charge in [-0.15, -0.1) is 0 Å². The van der Waals surface area contributed by atoms with Crippen LogP contribution in [0.25, 0.3) is 0 Å². The Morgan fingerprint density at radius 3 is 2.92 bits per heavy atom. The second-order valence-corrected chi connectivity index (χ2v) is 7.02. The summed E-state index contributed by atoms with van der Waals surface area (Å²) in [6.45, 7) is 1.84. The largest absolute Gasteiger partial charge is 0.460 e. The van der Waals surface area contributed by atoms with Gasteiger partial charge in [-0.3, -0.25) is 9.52 Å². The molecule has 0 aliphatic carbocycles. The third-order valence-corrected chi connectivity index (χ3v) is 4.93. The minimum Gasteiger partial charge on any atom is -0.460 e. The summed E-state index contributed by atoms with van der Waals surface area (Å²) in [5.41, 5.74) is 1.36. The number of aryl methyl sites for hydroxylation is 1. The Hall–Kier alpha value is -2.88. The number of esters is 1. The average molecular weight is 364 g/mol. The zero-order valence-electron chi connectivity index (χ0n) is 13.3. The molecule has 25 heavy (non-hydrogen) atoms. The van der Waals surface area contributed by atoms with Gasteiger partial charge in [0.25, 0.3) is 10.0 Å². The summed E-state index contributed by atoms with van der Waals surface area (Å²) in [4.78, 5) is 29.3. The molecule has 1 aromatic carbocycles. The summed E-state index contributed by atoms with van der Waals surface area (Å²) >= 11 is 0. The fourth-order valence-electron chi connectivity index (χ4n) is 2.41. The second kappa shape index (κ2) is 6.55. The fraction of sp³-hybridized carbons (Fsp3) is 0.267. The lowest BCUT2D eigenvalue weighted by Crippen LogP contribution is -2.20. The predicted molar refractivity (Wildman–Crippen MR) is 88.7 cm³/mol. The first-order chi connectivity index (χ1) is 11.9. The Kier molecular flexibility index (Phi) is 4.45. The Bertz CT molecular complexity index is 935. The molecule has 0 fully saturated rings. The first-order valence-corrected chi connectivity index (χ1v) is 9.05. The number of nitrogens with zero attached hydrogens (tertiary/aromatic N) is 1. The highest BCUT2D eigenvalue weighted by molar-refractivity contribution is 7.92. The number of aromatic amines is 1. The summed E-state index contributed by atoms with van der Waals surface area (Å²) in [6, 6.07) is 4.47. The van der Waals surface area contributed by atoms with E-state index in [0.717, 1.165) is 5.56 Å². The molecular weight excluding hydrogens is 348 g/mol. The van der Waals surface area contributed by atoms with Gasteiger partial charge in [0.2, 0.25) is 11.7 Å². The van der Waals surface area contributed by atoms with Crippen LogP contribution in [0, 0.1) is 0 Å². The van der Waals surface area contributed by atoms with Crippen LogP contribution in [-0.2, 0) is 26.0 Å². The topological polar surface area (TPSA) is 130 Å². The van der Waals surface area contributed by atoms with Gasteiger partial charge in [0.15, 0.2) is 0 Å². The standard InChI is InChI=1S/C15H16N4O5S/c1-2-24-15(21)14-16-8-12(18-14)19-25(22,23)10-4-5-11-9(7-10)3-6-13(20)17-11/h4-5,7-8,19H,2-3,6H2,1H3,(H,16,18)(H,17,20). The van der Waals surface area contributed by atoms with Crippen molar-refractivity contribution in [3.8, 4) is 0 Å². The number of amides is 1. The Labute approximate surface area is 143 Å². The van der Waals surface area contributed by atoms with Crippen molar-refractivity contribution in [2.75, 3.05) is 16.6 Å². The van der Waals surface area contributed by atoms with Gasteiger partial charge in [-0.25, -0.2) is 18.2 Å². The monoisotopic (exact) mass is 364 g/mol. The first-order valence-electron chi connectivity index (χ1n) is 7.57. The molecule has 9 nitrogen and oxygen atoms in total. The molecular formula is C15H16N4O5S. The molecule has 0 spiro atoms. The number of rotatable bonds is 5. The highest BCUT2D eigenvalue weighted by Crippen LogP contribution is 2.26. The third-order valence-electron chi connectivity index (χ3n) is 3.57. The van der Waals surface area contributed by atoms with Gasteiger partial charge in [-0.1, -0.05) is 0 Å². The summed E-state index contributed by atoms with van der Waals surface area (Å²) in [6.07, 6.45) is 1.98. The number of carbonyl (C=O) groups is 2. The number of H-pyrrole nitrogens is 1. The van der Waals surface area contributed by atoms with Gasteiger partial charge in [0.05, 0.1) is 17.7 Å². The molecule has 0 saturated carbocycles. The van der Waals surface area contributed by atoms with E-state index in [1.165, 1.54) is 18.3 Å². The van der Waals surface area contributed by atoms with Gasteiger partial charge in [-0.2, -0.15) is 0 Å². The van der Waals surface area contributed by atoms with Gasteiger partial charge in [0, 0.05) is 12.1 Å². The number of nitrogens with one attached hydrogen (secondary N) is 3. The van der Waals surface area contributed by atoms with E-state index in [2.05, 4.69) is 20.0 Å². The molecule has 0 saturated heterocycles. The Balaban J connectivity index is 1.80. The first kappa shape index (κ1) is 17.0. The molecule has 1 aliphatic heterocycles. The van der Waals surface area contributed by atoms with Crippen LogP contribution in [0.4, 0.5) is 11.5 Å². The minimum absolute atomic E-state index is 0.0501. The van der Waals surface area contributed by atoms with Gasteiger partial charge in [-0.05, 0) is 37.1 Å². The quantitative estimate of drug-likeness (QED) is 0.685. The molecule has 1 amide bonds. The highest BCUT2D eigenvalue weighted by Gasteiger charge is 2.21. The number of aromatic nitrogens is 2. The van der Waals surface area contributed by atoms with Crippen molar-refractivity contribution in [1.82, 2.24) is 9.97 Å². The molecule has 0 unspecified atom stereocenters. The highest BCUT2D eigenvalue weighted by atomic mass is 32.2. The number of ether oxygens (including phenoxy) is 1. The summed E-state index contributed by atoms with van der Waals surface area (Å²) in [7, 11) is -3.87. The van der Waals surface area contributed by atoms with Crippen molar-refractivity contribution in [2.45, 2.75) is 24.7 Å². The zero-order chi connectivity index (χ0) is 18.0. The number of anilines is 2. The molecule has 0 radical (unpaired) electrons. The van der Waals surface area contributed by atoms with Crippen molar-refractivity contribution in [2.24, 2.45) is 0 Å². The molecule has 0 bridgehead atoms. The van der Waals surface area contributed by atoms with Crippen LogP contribution in [0.2, 0.25) is 0 Å². The molecule has 3 rings (SSSR count). The maximum absolute atomic E-state index is 12.5. The van der Waals surface area contributed by atoms with Gasteiger partial charge in [0.1, 0.15) is 5.82 Å². The molecule has 1 aromatic heterocycles. The van der Waals surface area contributed by atoms with E-state index in [1.807, 2.05) is 0 Å². The van der Waals surface area contributed by atoms with Gasteiger partial charge >= 0.3 is 5.97 Å². The normalized spacial score (nSPS) is 13.7. The maximum atomic E-state index is 12.5. The third kappa shape index (κ3) is 3.63. The molecule has 2 heterocycles. The van der Waals surface area contributed by atoms with Crippen LogP contribution < -0.4 is 10.0 Å². The molecule has 132 valence electrons. The van der Waals surface area contributed by atoms with Crippen LogP contribution in [0.15, 0.2) is 29.3 Å². The van der Waals surface area contributed by atoms with E-state index in [1.54, 1.807) is 13.0 Å².